The maximum atomic E-state index is 12.9. The number of amides is 2. The Bertz CT molecular complexity index is 1200. The highest BCUT2D eigenvalue weighted by Crippen LogP contribution is 2.27. The lowest BCUT2D eigenvalue weighted by atomic mass is 10.1. The number of hydrogen-bond donors (Lipinski definition) is 3. The Balaban J connectivity index is 1.83. The topological polar surface area (TPSA) is 103 Å². The molecule has 0 atom stereocenters. The van der Waals surface area contributed by atoms with Crippen LogP contribution in [0.2, 0.25) is 0 Å². The number of phenols is 1. The van der Waals surface area contributed by atoms with E-state index in [9.17, 15) is 14.7 Å². The molecule has 34 heavy (non-hydrogen) atoms. The number of hydrogen-bond acceptors (Lipinski definition) is 6. The molecule has 0 aliphatic carbocycles. The summed E-state index contributed by atoms with van der Waals surface area (Å²) in [7, 11) is 5.30. The summed E-state index contributed by atoms with van der Waals surface area (Å²) in [6, 6.07) is 21.0. The average molecular weight is 459 g/mol. The monoisotopic (exact) mass is 458 g/mol. The highest BCUT2D eigenvalue weighted by Gasteiger charge is 2.14. The summed E-state index contributed by atoms with van der Waals surface area (Å²) < 4.78 is 5.07. The zero-order chi connectivity index (χ0) is 24.5. The lowest BCUT2D eigenvalue weighted by molar-refractivity contribution is -0.117. The molecular formula is C26H26N4O4. The Morgan fingerprint density at radius 2 is 1.68 bits per heavy atom. The molecule has 3 aromatic rings. The third-order valence-corrected chi connectivity index (χ3v) is 4.87. The Morgan fingerprint density at radius 1 is 0.971 bits per heavy atom. The summed E-state index contributed by atoms with van der Waals surface area (Å²) >= 11 is 0. The van der Waals surface area contributed by atoms with Crippen molar-refractivity contribution < 1.29 is 19.4 Å². The van der Waals surface area contributed by atoms with Gasteiger partial charge in [0.15, 0.2) is 11.5 Å². The van der Waals surface area contributed by atoms with Gasteiger partial charge in [0.05, 0.1) is 13.3 Å². The maximum absolute atomic E-state index is 12.9. The van der Waals surface area contributed by atoms with Gasteiger partial charge >= 0.3 is 0 Å². The van der Waals surface area contributed by atoms with E-state index >= 15 is 0 Å². The molecule has 3 N–H and O–H groups in total. The minimum Gasteiger partial charge on any atom is -0.504 e. The SMILES string of the molecule is COc1cccc(/C=N/NC(=O)C(=Cc2ccc(N(C)C)cc2)NC(=O)c2ccccc2)c1O. The summed E-state index contributed by atoms with van der Waals surface area (Å²) in [5.41, 5.74) is 4.89. The van der Waals surface area contributed by atoms with Crippen molar-refractivity contribution in [2.45, 2.75) is 0 Å². The van der Waals surface area contributed by atoms with Gasteiger partial charge in [-0.05, 0) is 48.0 Å². The Labute approximate surface area is 198 Å². The molecule has 0 saturated carbocycles. The summed E-state index contributed by atoms with van der Waals surface area (Å²) in [6.45, 7) is 0. The van der Waals surface area contributed by atoms with Crippen LogP contribution in [-0.4, -0.2) is 44.3 Å². The van der Waals surface area contributed by atoms with E-state index in [0.29, 0.717) is 11.1 Å². The molecule has 3 aromatic carbocycles. The molecule has 8 heteroatoms. The summed E-state index contributed by atoms with van der Waals surface area (Å²) in [5, 5.41) is 16.7. The highest BCUT2D eigenvalue weighted by atomic mass is 16.5. The molecule has 2 amide bonds. The van der Waals surface area contributed by atoms with Gasteiger partial charge in [0.2, 0.25) is 0 Å². The second-order valence-corrected chi connectivity index (χ2v) is 7.46. The fourth-order valence-electron chi connectivity index (χ4n) is 3.01. The zero-order valence-electron chi connectivity index (χ0n) is 19.1. The molecule has 0 aliphatic heterocycles. The van der Waals surface area contributed by atoms with Gasteiger partial charge in [-0.1, -0.05) is 36.4 Å². The summed E-state index contributed by atoms with van der Waals surface area (Å²) in [5.74, 6) is -0.870. The first-order valence-electron chi connectivity index (χ1n) is 10.4. The van der Waals surface area contributed by atoms with E-state index < -0.39 is 11.8 Å². The van der Waals surface area contributed by atoms with Crippen LogP contribution in [0, 0.1) is 0 Å². The van der Waals surface area contributed by atoms with E-state index in [1.54, 1.807) is 54.6 Å². The third-order valence-electron chi connectivity index (χ3n) is 4.87. The predicted molar refractivity (Wildman–Crippen MR) is 133 cm³/mol. The number of aromatic hydroxyl groups is 1. The molecule has 174 valence electrons. The minimum absolute atomic E-state index is 0.0125. The quantitative estimate of drug-likeness (QED) is 0.273. The zero-order valence-corrected chi connectivity index (χ0v) is 19.1. The first kappa shape index (κ1) is 24.1. The normalized spacial score (nSPS) is 11.2. The van der Waals surface area contributed by atoms with Gasteiger partial charge in [0.1, 0.15) is 5.70 Å². The smallest absolute Gasteiger partial charge is 0.287 e. The number of carbonyl (C=O) groups is 2. The van der Waals surface area contributed by atoms with Gasteiger partial charge in [-0.3, -0.25) is 9.59 Å². The van der Waals surface area contributed by atoms with Gasteiger partial charge < -0.3 is 20.1 Å². The number of benzene rings is 3. The molecule has 0 unspecified atom stereocenters. The van der Waals surface area contributed by atoms with E-state index in [-0.39, 0.29) is 17.2 Å². The van der Waals surface area contributed by atoms with Gasteiger partial charge in [-0.15, -0.1) is 0 Å². The Hall–Kier alpha value is -4.59. The number of para-hydroxylation sites is 1. The average Bonchev–Trinajstić information content (AvgIpc) is 2.85. The predicted octanol–water partition coefficient (Wildman–Crippen LogP) is 3.39. The highest BCUT2D eigenvalue weighted by molar-refractivity contribution is 6.05. The largest absolute Gasteiger partial charge is 0.504 e. The molecular weight excluding hydrogens is 432 g/mol. The standard InChI is InChI=1S/C26H26N4O4/c1-30(2)21-14-12-18(13-15-21)16-22(28-25(32)19-8-5-4-6-9-19)26(33)29-27-17-20-10-7-11-23(34-3)24(20)31/h4-17,31H,1-3H3,(H,28,32)(H,29,33)/b22-16?,27-17+. The number of nitrogens with one attached hydrogen (secondary N) is 2. The maximum Gasteiger partial charge on any atom is 0.287 e. The first-order chi connectivity index (χ1) is 16.4. The molecule has 0 fully saturated rings. The molecule has 0 radical (unpaired) electrons. The number of rotatable bonds is 8. The fourth-order valence-corrected chi connectivity index (χ4v) is 3.01. The number of phenolic OH excluding ortho intramolecular Hbond substituents is 1. The molecule has 0 heterocycles. The number of methoxy groups -OCH3 is 1. The fraction of sp³-hybridized carbons (Fsp3) is 0.115. The van der Waals surface area contributed by atoms with Crippen molar-refractivity contribution in [2.24, 2.45) is 5.10 Å². The first-order valence-corrected chi connectivity index (χ1v) is 10.4. The number of carbonyl (C=O) groups excluding carboxylic acids is 2. The van der Waals surface area contributed by atoms with Crippen molar-refractivity contribution in [1.29, 1.82) is 0 Å². The van der Waals surface area contributed by atoms with E-state index in [1.807, 2.05) is 43.3 Å². The van der Waals surface area contributed by atoms with Crippen LogP contribution in [-0.2, 0) is 4.79 Å². The van der Waals surface area contributed by atoms with Crippen LogP contribution in [0.15, 0.2) is 83.6 Å². The number of ether oxygens (including phenoxy) is 1. The van der Waals surface area contributed by atoms with Crippen molar-refractivity contribution in [1.82, 2.24) is 10.7 Å². The third kappa shape index (κ3) is 6.23. The van der Waals surface area contributed by atoms with Crippen molar-refractivity contribution in [3.63, 3.8) is 0 Å². The Morgan fingerprint density at radius 3 is 2.32 bits per heavy atom. The lowest BCUT2D eigenvalue weighted by Gasteiger charge is -2.12. The van der Waals surface area contributed by atoms with Crippen LogP contribution >= 0.6 is 0 Å². The summed E-state index contributed by atoms with van der Waals surface area (Å²) in [4.78, 5) is 27.5. The van der Waals surface area contributed by atoms with Gasteiger partial charge in [0.25, 0.3) is 11.8 Å². The van der Waals surface area contributed by atoms with Crippen LogP contribution in [0.5, 0.6) is 11.5 Å². The lowest BCUT2D eigenvalue weighted by Crippen LogP contribution is -2.32. The van der Waals surface area contributed by atoms with Crippen LogP contribution in [0.3, 0.4) is 0 Å². The van der Waals surface area contributed by atoms with E-state index in [0.717, 1.165) is 11.3 Å². The van der Waals surface area contributed by atoms with Crippen molar-refractivity contribution in [3.05, 3.63) is 95.2 Å². The van der Waals surface area contributed by atoms with E-state index in [1.165, 1.54) is 13.3 Å². The number of hydrazone groups is 1. The molecule has 0 aliphatic rings. The molecule has 0 aromatic heterocycles. The number of nitrogens with zero attached hydrogens (tertiary/aromatic N) is 2. The van der Waals surface area contributed by atoms with E-state index in [2.05, 4.69) is 15.8 Å². The van der Waals surface area contributed by atoms with Crippen LogP contribution < -0.4 is 20.4 Å². The molecule has 3 rings (SSSR count). The van der Waals surface area contributed by atoms with E-state index in [4.69, 9.17) is 4.74 Å². The molecule has 0 saturated heterocycles. The van der Waals surface area contributed by atoms with Gasteiger partial charge in [-0.2, -0.15) is 5.10 Å². The van der Waals surface area contributed by atoms with Crippen molar-refractivity contribution in [2.75, 3.05) is 26.1 Å². The van der Waals surface area contributed by atoms with Crippen molar-refractivity contribution >= 4 is 29.8 Å². The Kier molecular flexibility index (Phi) is 8.02. The number of anilines is 1. The second kappa shape index (κ2) is 11.3. The molecule has 8 nitrogen and oxygen atoms in total. The van der Waals surface area contributed by atoms with Crippen molar-refractivity contribution in [3.8, 4) is 11.5 Å². The van der Waals surface area contributed by atoms with Crippen LogP contribution in [0.1, 0.15) is 21.5 Å². The minimum atomic E-state index is -0.625. The van der Waals surface area contributed by atoms with Gasteiger partial charge in [-0.25, -0.2) is 5.43 Å². The molecule has 0 spiro atoms. The molecule has 0 bridgehead atoms. The van der Waals surface area contributed by atoms with Crippen LogP contribution in [0.4, 0.5) is 5.69 Å². The summed E-state index contributed by atoms with van der Waals surface area (Å²) in [6.07, 6.45) is 2.85. The van der Waals surface area contributed by atoms with Crippen LogP contribution in [0.25, 0.3) is 6.08 Å². The van der Waals surface area contributed by atoms with Gasteiger partial charge in [0, 0.05) is 30.9 Å². The second-order valence-electron chi connectivity index (χ2n) is 7.46.